The Hall–Kier alpha value is -1.40. The molecule has 0 saturated carbocycles. The van der Waals surface area contributed by atoms with E-state index in [1.165, 1.54) is 0 Å². The third-order valence-electron chi connectivity index (χ3n) is 2.59. The zero-order valence-corrected chi connectivity index (χ0v) is 11.8. The van der Waals surface area contributed by atoms with Crippen LogP contribution < -0.4 is 10.6 Å². The number of ether oxygens (including phenoxy) is 1. The van der Waals surface area contributed by atoms with Crippen molar-refractivity contribution >= 4 is 34.6 Å². The number of thiocarbonyl (C=S) groups is 1. The van der Waals surface area contributed by atoms with Crippen LogP contribution in [0.3, 0.4) is 0 Å². The molecule has 0 aromatic carbocycles. The van der Waals surface area contributed by atoms with Crippen LogP contribution in [-0.2, 0) is 9.53 Å². The Morgan fingerprint density at radius 3 is 3.00 bits per heavy atom. The molecule has 0 fully saturated rings. The molecule has 1 aromatic heterocycles. The first-order valence-electron chi connectivity index (χ1n) is 5.62. The molecule has 0 spiro atoms. The number of carbonyl (C=O) groups is 1. The zero-order chi connectivity index (χ0) is 13.1. The minimum Gasteiger partial charge on any atom is -0.463 e. The minimum absolute atomic E-state index is 0.224. The third-order valence-corrected chi connectivity index (χ3v) is 3.75. The van der Waals surface area contributed by atoms with Crippen molar-refractivity contribution < 1.29 is 9.53 Å². The van der Waals surface area contributed by atoms with Crippen molar-refractivity contribution in [2.24, 2.45) is 0 Å². The Labute approximate surface area is 115 Å². The lowest BCUT2D eigenvalue weighted by molar-refractivity contribution is -0.139. The quantitative estimate of drug-likeness (QED) is 0.657. The van der Waals surface area contributed by atoms with Gasteiger partial charge < -0.3 is 15.4 Å². The third kappa shape index (κ3) is 2.54. The molecule has 0 amide bonds. The molecular formula is C12H14N2O2S2. The topological polar surface area (TPSA) is 50.4 Å². The second kappa shape index (κ2) is 5.49. The summed E-state index contributed by atoms with van der Waals surface area (Å²) in [6.07, 6.45) is 0. The fourth-order valence-electron chi connectivity index (χ4n) is 1.84. The van der Waals surface area contributed by atoms with Gasteiger partial charge in [0.2, 0.25) is 0 Å². The van der Waals surface area contributed by atoms with Crippen LogP contribution in [0, 0.1) is 0 Å². The second-order valence-corrected chi connectivity index (χ2v) is 5.19. The van der Waals surface area contributed by atoms with Gasteiger partial charge in [-0.3, -0.25) is 0 Å². The molecule has 4 nitrogen and oxygen atoms in total. The lowest BCUT2D eigenvalue weighted by atomic mass is 10.0. The summed E-state index contributed by atoms with van der Waals surface area (Å²) < 4.78 is 5.10. The first kappa shape index (κ1) is 13.0. The summed E-state index contributed by atoms with van der Waals surface area (Å²) in [4.78, 5) is 13.1. The van der Waals surface area contributed by atoms with Gasteiger partial charge in [0, 0.05) is 10.6 Å². The number of nitrogens with one attached hydrogen (secondary N) is 2. The molecule has 0 aliphatic carbocycles. The van der Waals surface area contributed by atoms with E-state index in [1.807, 2.05) is 24.4 Å². The summed E-state index contributed by atoms with van der Waals surface area (Å²) in [5.41, 5.74) is 1.34. The Balaban J connectivity index is 2.38. The number of thiophene rings is 1. The maximum Gasteiger partial charge on any atom is 0.338 e. The largest absolute Gasteiger partial charge is 0.463 e. The first-order chi connectivity index (χ1) is 8.63. The predicted molar refractivity (Wildman–Crippen MR) is 75.3 cm³/mol. The van der Waals surface area contributed by atoms with Gasteiger partial charge in [0.1, 0.15) is 0 Å². The van der Waals surface area contributed by atoms with Crippen molar-refractivity contribution in [2.75, 3.05) is 6.61 Å². The van der Waals surface area contributed by atoms with E-state index in [4.69, 9.17) is 17.0 Å². The Kier molecular flexibility index (Phi) is 3.98. The number of hydrogen-bond acceptors (Lipinski definition) is 4. The van der Waals surface area contributed by atoms with Gasteiger partial charge >= 0.3 is 5.97 Å². The van der Waals surface area contributed by atoms with Gasteiger partial charge in [0.25, 0.3) is 0 Å². The standard InChI is InChI=1S/C12H14N2O2S2/c1-3-16-11(15)9-7(2)13-12(17)14-10(9)8-5-4-6-18-8/h4-6,10H,3H2,1-2H3,(H2,13,14,17)/t10-/m1/s1. The van der Waals surface area contributed by atoms with E-state index in [0.29, 0.717) is 17.3 Å². The van der Waals surface area contributed by atoms with E-state index in [-0.39, 0.29) is 12.0 Å². The number of hydrogen-bond donors (Lipinski definition) is 2. The van der Waals surface area contributed by atoms with Crippen LogP contribution in [0.5, 0.6) is 0 Å². The monoisotopic (exact) mass is 282 g/mol. The molecule has 0 unspecified atom stereocenters. The average molecular weight is 282 g/mol. The number of carbonyl (C=O) groups excluding carboxylic acids is 1. The van der Waals surface area contributed by atoms with Crippen LogP contribution in [0.2, 0.25) is 0 Å². The van der Waals surface area contributed by atoms with Crippen LogP contribution >= 0.6 is 23.6 Å². The van der Waals surface area contributed by atoms with Crippen molar-refractivity contribution in [3.8, 4) is 0 Å². The smallest absolute Gasteiger partial charge is 0.338 e. The zero-order valence-electron chi connectivity index (χ0n) is 10.1. The summed E-state index contributed by atoms with van der Waals surface area (Å²) in [6.45, 7) is 3.99. The summed E-state index contributed by atoms with van der Waals surface area (Å²) in [6, 6.07) is 3.70. The predicted octanol–water partition coefficient (Wildman–Crippen LogP) is 2.10. The number of rotatable bonds is 3. The molecule has 1 aliphatic heterocycles. The van der Waals surface area contributed by atoms with Gasteiger partial charge in [-0.1, -0.05) is 6.07 Å². The Morgan fingerprint density at radius 2 is 2.39 bits per heavy atom. The molecule has 0 bridgehead atoms. The summed E-state index contributed by atoms with van der Waals surface area (Å²) in [5.74, 6) is -0.309. The highest BCUT2D eigenvalue weighted by Gasteiger charge is 2.31. The average Bonchev–Trinajstić information content (AvgIpc) is 2.81. The van der Waals surface area contributed by atoms with Gasteiger partial charge in [0.15, 0.2) is 5.11 Å². The van der Waals surface area contributed by atoms with Crippen molar-refractivity contribution in [2.45, 2.75) is 19.9 Å². The maximum absolute atomic E-state index is 12.0. The number of esters is 1. The summed E-state index contributed by atoms with van der Waals surface area (Å²) in [7, 11) is 0. The molecule has 1 atom stereocenters. The number of allylic oxidation sites excluding steroid dienone is 1. The van der Waals surface area contributed by atoms with E-state index in [9.17, 15) is 4.79 Å². The van der Waals surface area contributed by atoms with E-state index in [1.54, 1.807) is 18.3 Å². The Bertz CT molecular complexity index is 494. The van der Waals surface area contributed by atoms with Crippen LogP contribution in [0.4, 0.5) is 0 Å². The maximum atomic E-state index is 12.0. The highest BCUT2D eigenvalue weighted by Crippen LogP contribution is 2.30. The van der Waals surface area contributed by atoms with Crippen molar-refractivity contribution in [1.29, 1.82) is 0 Å². The molecule has 6 heteroatoms. The summed E-state index contributed by atoms with van der Waals surface area (Å²) in [5, 5.41) is 8.57. The molecule has 2 heterocycles. The SMILES string of the molecule is CCOC(=O)C1=C(C)NC(=S)N[C@@H]1c1cccs1. The molecular weight excluding hydrogens is 268 g/mol. The van der Waals surface area contributed by atoms with E-state index in [0.717, 1.165) is 10.6 Å². The van der Waals surface area contributed by atoms with Gasteiger partial charge in [-0.15, -0.1) is 11.3 Å². The second-order valence-electron chi connectivity index (χ2n) is 3.81. The molecule has 2 rings (SSSR count). The lowest BCUT2D eigenvalue weighted by Crippen LogP contribution is -2.44. The molecule has 1 aromatic rings. The van der Waals surface area contributed by atoms with Crippen molar-refractivity contribution in [1.82, 2.24) is 10.6 Å². The van der Waals surface area contributed by atoms with Gasteiger partial charge in [-0.2, -0.15) is 0 Å². The normalized spacial score (nSPS) is 19.2. The molecule has 1 aliphatic rings. The van der Waals surface area contributed by atoms with Gasteiger partial charge in [0.05, 0.1) is 18.2 Å². The highest BCUT2D eigenvalue weighted by molar-refractivity contribution is 7.80. The molecule has 18 heavy (non-hydrogen) atoms. The van der Waals surface area contributed by atoms with Gasteiger partial charge in [-0.05, 0) is 37.5 Å². The summed E-state index contributed by atoms with van der Waals surface area (Å²) >= 11 is 6.71. The molecule has 0 saturated heterocycles. The first-order valence-corrected chi connectivity index (χ1v) is 6.91. The van der Waals surface area contributed by atoms with Gasteiger partial charge in [-0.25, -0.2) is 4.79 Å². The highest BCUT2D eigenvalue weighted by atomic mass is 32.1. The molecule has 2 N–H and O–H groups in total. The van der Waals surface area contributed by atoms with E-state index < -0.39 is 0 Å². The van der Waals surface area contributed by atoms with E-state index in [2.05, 4.69) is 10.6 Å². The van der Waals surface area contributed by atoms with Crippen LogP contribution in [-0.4, -0.2) is 17.7 Å². The van der Waals surface area contributed by atoms with Crippen LogP contribution in [0.15, 0.2) is 28.8 Å². The van der Waals surface area contributed by atoms with Crippen LogP contribution in [0.25, 0.3) is 0 Å². The fraction of sp³-hybridized carbons (Fsp3) is 0.333. The van der Waals surface area contributed by atoms with Crippen molar-refractivity contribution in [3.05, 3.63) is 33.7 Å². The van der Waals surface area contributed by atoms with Crippen LogP contribution in [0.1, 0.15) is 24.8 Å². The van der Waals surface area contributed by atoms with E-state index >= 15 is 0 Å². The fourth-order valence-corrected chi connectivity index (χ4v) is 2.90. The molecule has 0 radical (unpaired) electrons. The van der Waals surface area contributed by atoms with Crippen molar-refractivity contribution in [3.63, 3.8) is 0 Å². The minimum atomic E-state index is -0.309. The lowest BCUT2D eigenvalue weighted by Gasteiger charge is -2.28. The molecule has 96 valence electrons. The Morgan fingerprint density at radius 1 is 1.61 bits per heavy atom.